The lowest BCUT2D eigenvalue weighted by Gasteiger charge is -2.58. The van der Waals surface area contributed by atoms with Crippen LogP contribution in [0.4, 0.5) is 0 Å². The van der Waals surface area contributed by atoms with Crippen LogP contribution >= 0.6 is 0 Å². The summed E-state index contributed by atoms with van der Waals surface area (Å²) in [5, 5.41) is 0. The first kappa shape index (κ1) is 24.3. The Bertz CT molecular complexity index is 695. The van der Waals surface area contributed by atoms with Gasteiger partial charge in [-0.1, -0.05) is 66.0 Å². The molecule has 0 amide bonds. The van der Waals surface area contributed by atoms with Crippen LogP contribution in [0.2, 0.25) is 0 Å². The van der Waals surface area contributed by atoms with Gasteiger partial charge in [0, 0.05) is 6.42 Å². The van der Waals surface area contributed by atoms with Crippen LogP contribution in [0.3, 0.4) is 0 Å². The van der Waals surface area contributed by atoms with Crippen LogP contribution in [0, 0.1) is 52.3 Å². The van der Waals surface area contributed by atoms with Gasteiger partial charge in [0.05, 0.1) is 0 Å². The second kappa shape index (κ2) is 9.46. The number of fused-ring (bicyclic) bond motifs is 5. The summed E-state index contributed by atoms with van der Waals surface area (Å²) in [6, 6.07) is 0. The topological polar surface area (TPSA) is 26.3 Å². The third kappa shape index (κ3) is 4.11. The minimum absolute atomic E-state index is 0.117. The smallest absolute Gasteiger partial charge is 0.293 e. The van der Waals surface area contributed by atoms with Crippen LogP contribution in [0.1, 0.15) is 112 Å². The van der Waals surface area contributed by atoms with Crippen molar-refractivity contribution in [3.63, 3.8) is 0 Å². The average Bonchev–Trinajstić information content (AvgIpc) is 3.11. The zero-order valence-corrected chi connectivity index (χ0v) is 21.9. The first-order valence-corrected chi connectivity index (χ1v) is 14.0. The zero-order chi connectivity index (χ0) is 23.1. The summed E-state index contributed by atoms with van der Waals surface area (Å²) in [4.78, 5) is 10.9. The molecular formula is C30H50O2. The summed E-state index contributed by atoms with van der Waals surface area (Å²) in [5.74, 6) is 6.16. The maximum atomic E-state index is 10.9. The molecule has 182 valence electrons. The van der Waals surface area contributed by atoms with Gasteiger partial charge >= 0.3 is 0 Å². The SMILES string of the molecule is CCC(CC[C@@H](C)[C@H]1CC[C@H]2[C@@H]3CC=C4C[C@@H](OC=O)CC[C@]4(C)[C@H]3CC[C@]12C)C(C)C. The van der Waals surface area contributed by atoms with Crippen LogP contribution in [-0.2, 0) is 9.53 Å². The molecule has 4 aliphatic carbocycles. The Hall–Kier alpha value is -0.790. The molecule has 0 aromatic carbocycles. The molecule has 4 aliphatic rings. The van der Waals surface area contributed by atoms with E-state index in [0.29, 0.717) is 17.3 Å². The van der Waals surface area contributed by atoms with Gasteiger partial charge < -0.3 is 4.74 Å². The molecule has 2 nitrogen and oxygen atoms in total. The summed E-state index contributed by atoms with van der Waals surface area (Å²) in [6.45, 7) is 15.7. The lowest BCUT2D eigenvalue weighted by molar-refractivity contribution is -0.136. The van der Waals surface area contributed by atoms with Gasteiger partial charge in [-0.25, -0.2) is 0 Å². The van der Waals surface area contributed by atoms with Gasteiger partial charge in [-0.2, -0.15) is 0 Å². The quantitative estimate of drug-likeness (QED) is 0.280. The minimum atomic E-state index is 0.117. The van der Waals surface area contributed by atoms with E-state index in [1.165, 1.54) is 57.8 Å². The highest BCUT2D eigenvalue weighted by molar-refractivity contribution is 5.38. The normalized spacial score (nSPS) is 43.0. The lowest BCUT2D eigenvalue weighted by Crippen LogP contribution is -2.51. The highest BCUT2D eigenvalue weighted by atomic mass is 16.5. The van der Waals surface area contributed by atoms with Gasteiger partial charge in [0.1, 0.15) is 6.10 Å². The molecule has 0 aromatic heterocycles. The lowest BCUT2D eigenvalue weighted by atomic mass is 9.47. The number of rotatable bonds is 8. The molecule has 4 rings (SSSR count). The standard InChI is InChI=1S/C30H50O2/c1-7-22(20(2)3)9-8-21(4)26-12-13-27-25-11-10-23-18-24(32-19-31)14-16-29(23,5)28(25)15-17-30(26,27)6/h10,19-22,24-28H,7-9,11-18H2,1-6H3/t21-,22?,24+,25+,26-,27+,28+,29+,30-/m1/s1. The number of carbonyl (C=O) groups excluding carboxylic acids is 1. The third-order valence-electron chi connectivity index (χ3n) is 11.5. The summed E-state index contributed by atoms with van der Waals surface area (Å²) in [6.07, 6.45) is 17.2. The summed E-state index contributed by atoms with van der Waals surface area (Å²) in [7, 11) is 0. The molecule has 1 unspecified atom stereocenters. The molecule has 0 aromatic rings. The summed E-state index contributed by atoms with van der Waals surface area (Å²) < 4.78 is 5.38. The van der Waals surface area contributed by atoms with Gasteiger partial charge in [0.15, 0.2) is 0 Å². The Balaban J connectivity index is 1.46. The Morgan fingerprint density at radius 1 is 1.06 bits per heavy atom. The molecule has 2 heteroatoms. The molecule has 32 heavy (non-hydrogen) atoms. The average molecular weight is 443 g/mol. The van der Waals surface area contributed by atoms with Crippen molar-refractivity contribution in [3.05, 3.63) is 11.6 Å². The zero-order valence-electron chi connectivity index (χ0n) is 21.9. The number of hydrogen-bond donors (Lipinski definition) is 0. The number of ether oxygens (including phenoxy) is 1. The fourth-order valence-electron chi connectivity index (χ4n) is 9.48. The van der Waals surface area contributed by atoms with Crippen LogP contribution in [0.25, 0.3) is 0 Å². The van der Waals surface area contributed by atoms with E-state index < -0.39 is 0 Å². The van der Waals surface area contributed by atoms with Gasteiger partial charge in [-0.05, 0) is 104 Å². The maximum absolute atomic E-state index is 10.9. The minimum Gasteiger partial charge on any atom is -0.464 e. The van der Waals surface area contributed by atoms with Crippen LogP contribution in [0.15, 0.2) is 11.6 Å². The van der Waals surface area contributed by atoms with Crippen molar-refractivity contribution in [2.45, 2.75) is 118 Å². The monoisotopic (exact) mass is 442 g/mol. The predicted octanol–water partition coefficient (Wildman–Crippen LogP) is 8.21. The van der Waals surface area contributed by atoms with E-state index in [0.717, 1.165) is 54.3 Å². The Kier molecular flexibility index (Phi) is 7.19. The molecule has 0 heterocycles. The number of carbonyl (C=O) groups is 1. The van der Waals surface area contributed by atoms with Gasteiger partial charge in [-0.15, -0.1) is 0 Å². The molecule has 0 saturated heterocycles. The Morgan fingerprint density at radius 2 is 1.84 bits per heavy atom. The van der Waals surface area contributed by atoms with Gasteiger partial charge in [0.2, 0.25) is 0 Å². The van der Waals surface area contributed by atoms with E-state index in [-0.39, 0.29) is 6.10 Å². The molecule has 3 fully saturated rings. The molecule has 3 saturated carbocycles. The third-order valence-corrected chi connectivity index (χ3v) is 11.5. The molecule has 0 spiro atoms. The second-order valence-corrected chi connectivity index (χ2v) is 13.1. The molecule has 0 N–H and O–H groups in total. The second-order valence-electron chi connectivity index (χ2n) is 13.1. The van der Waals surface area contributed by atoms with Crippen molar-refractivity contribution in [2.24, 2.45) is 52.3 Å². The first-order valence-electron chi connectivity index (χ1n) is 14.0. The number of allylic oxidation sites excluding steroid dienone is 1. The molecule has 0 aliphatic heterocycles. The van der Waals surface area contributed by atoms with Gasteiger partial charge in [-0.3, -0.25) is 4.79 Å². The fourth-order valence-corrected chi connectivity index (χ4v) is 9.48. The Morgan fingerprint density at radius 3 is 2.53 bits per heavy atom. The van der Waals surface area contributed by atoms with E-state index in [1.807, 2.05) is 0 Å². The molecular weight excluding hydrogens is 392 g/mol. The fraction of sp³-hybridized carbons (Fsp3) is 0.900. The van der Waals surface area contributed by atoms with Crippen molar-refractivity contribution in [3.8, 4) is 0 Å². The predicted molar refractivity (Wildman–Crippen MR) is 133 cm³/mol. The van der Waals surface area contributed by atoms with Crippen molar-refractivity contribution >= 4 is 6.47 Å². The van der Waals surface area contributed by atoms with Crippen LogP contribution in [-0.4, -0.2) is 12.6 Å². The maximum Gasteiger partial charge on any atom is 0.293 e. The van der Waals surface area contributed by atoms with Crippen molar-refractivity contribution in [2.75, 3.05) is 0 Å². The van der Waals surface area contributed by atoms with E-state index >= 15 is 0 Å². The summed E-state index contributed by atoms with van der Waals surface area (Å²) in [5.41, 5.74) is 2.52. The van der Waals surface area contributed by atoms with Crippen molar-refractivity contribution in [1.82, 2.24) is 0 Å². The Labute approximate surface area is 198 Å². The number of hydrogen-bond acceptors (Lipinski definition) is 2. The van der Waals surface area contributed by atoms with Crippen LogP contribution in [0.5, 0.6) is 0 Å². The molecule has 9 atom stereocenters. The highest BCUT2D eigenvalue weighted by Gasteiger charge is 2.59. The molecule has 0 bridgehead atoms. The largest absolute Gasteiger partial charge is 0.464 e. The van der Waals surface area contributed by atoms with E-state index in [4.69, 9.17) is 4.74 Å². The summed E-state index contributed by atoms with van der Waals surface area (Å²) >= 11 is 0. The van der Waals surface area contributed by atoms with Gasteiger partial charge in [0.25, 0.3) is 6.47 Å². The molecule has 0 radical (unpaired) electrons. The van der Waals surface area contributed by atoms with E-state index in [9.17, 15) is 4.79 Å². The van der Waals surface area contributed by atoms with Crippen molar-refractivity contribution < 1.29 is 9.53 Å². The highest BCUT2D eigenvalue weighted by Crippen LogP contribution is 2.67. The van der Waals surface area contributed by atoms with E-state index in [2.05, 4.69) is 47.6 Å². The first-order chi connectivity index (χ1) is 15.2. The van der Waals surface area contributed by atoms with E-state index in [1.54, 1.807) is 5.57 Å². The van der Waals surface area contributed by atoms with Crippen LogP contribution < -0.4 is 0 Å². The van der Waals surface area contributed by atoms with Crippen molar-refractivity contribution in [1.29, 1.82) is 0 Å².